The highest BCUT2D eigenvalue weighted by Crippen LogP contribution is 1.84. The predicted molar refractivity (Wildman–Crippen MR) is 31.1 cm³/mol. The Kier molecular flexibility index (Phi) is 3.71. The van der Waals surface area contributed by atoms with Gasteiger partial charge in [-0.15, -0.1) is 0 Å². The Hall–Kier alpha value is -0.300. The quantitative estimate of drug-likeness (QED) is 0.519. The molecule has 0 aliphatic carbocycles. The van der Waals surface area contributed by atoms with E-state index in [1.807, 2.05) is 13.0 Å². The zero-order chi connectivity index (χ0) is 5.70. The van der Waals surface area contributed by atoms with Gasteiger partial charge in [0.1, 0.15) is 0 Å². The number of hydrogen-bond acceptors (Lipinski definition) is 1. The first-order chi connectivity index (χ1) is 3.27. The molecule has 1 heteroatoms. The fraction of sp³-hybridized carbons (Fsp3) is 0.667. The van der Waals surface area contributed by atoms with Crippen molar-refractivity contribution in [1.29, 1.82) is 0 Å². The third kappa shape index (κ3) is 5.70. The van der Waals surface area contributed by atoms with Crippen molar-refractivity contribution in [2.24, 2.45) is 0 Å². The van der Waals surface area contributed by atoms with Gasteiger partial charge in [-0.1, -0.05) is 19.1 Å². The van der Waals surface area contributed by atoms with Crippen molar-refractivity contribution in [3.63, 3.8) is 0 Å². The lowest BCUT2D eigenvalue weighted by Crippen LogP contribution is -1.90. The van der Waals surface area contributed by atoms with Crippen LogP contribution in [0.15, 0.2) is 12.2 Å². The Labute approximate surface area is 44.7 Å². The molecule has 7 heavy (non-hydrogen) atoms. The van der Waals surface area contributed by atoms with E-state index >= 15 is 0 Å². The Morgan fingerprint density at radius 1 is 1.71 bits per heavy atom. The van der Waals surface area contributed by atoms with Crippen LogP contribution < -0.4 is 0 Å². The van der Waals surface area contributed by atoms with Crippen LogP contribution in [0.2, 0.25) is 0 Å². The van der Waals surface area contributed by atoms with Gasteiger partial charge in [-0.05, 0) is 13.3 Å². The summed E-state index contributed by atoms with van der Waals surface area (Å²) in [6.07, 6.45) is 4.45. The number of allylic oxidation sites excluding steroid dienone is 1. The molecule has 0 aliphatic rings. The minimum Gasteiger partial charge on any atom is -0.389 e. The highest BCUT2D eigenvalue weighted by atomic mass is 16.3. The SMILES string of the molecule is CC/C=C/[C@@H](C)O. The normalized spacial score (nSPS) is 15.3. The minimum atomic E-state index is -0.278. The van der Waals surface area contributed by atoms with Gasteiger partial charge in [0.05, 0.1) is 6.10 Å². The van der Waals surface area contributed by atoms with Crippen molar-refractivity contribution in [2.45, 2.75) is 26.4 Å². The zero-order valence-corrected chi connectivity index (χ0v) is 4.89. The fourth-order valence-corrected chi connectivity index (χ4v) is 0.333. The van der Waals surface area contributed by atoms with Crippen molar-refractivity contribution in [1.82, 2.24) is 0 Å². The molecule has 0 aromatic carbocycles. The summed E-state index contributed by atoms with van der Waals surface area (Å²) in [7, 11) is 0. The molecule has 0 bridgehead atoms. The van der Waals surface area contributed by atoms with Crippen LogP contribution in [0, 0.1) is 0 Å². The van der Waals surface area contributed by atoms with Crippen molar-refractivity contribution in [3.05, 3.63) is 12.2 Å². The first kappa shape index (κ1) is 6.70. The third-order valence-electron chi connectivity index (χ3n) is 0.650. The molecule has 0 aromatic rings. The lowest BCUT2D eigenvalue weighted by Gasteiger charge is -1.88. The Morgan fingerprint density at radius 3 is 2.43 bits per heavy atom. The molecule has 42 valence electrons. The summed E-state index contributed by atoms with van der Waals surface area (Å²) in [5.74, 6) is 0. The van der Waals surface area contributed by atoms with E-state index in [-0.39, 0.29) is 6.10 Å². The van der Waals surface area contributed by atoms with E-state index in [1.165, 1.54) is 0 Å². The Bertz CT molecular complexity index is 55.2. The summed E-state index contributed by atoms with van der Waals surface area (Å²) in [5, 5.41) is 8.60. The molecule has 0 amide bonds. The molecule has 0 saturated carbocycles. The van der Waals surface area contributed by atoms with E-state index in [1.54, 1.807) is 13.0 Å². The average Bonchev–Trinajstić information content (AvgIpc) is 1.61. The zero-order valence-electron chi connectivity index (χ0n) is 4.89. The van der Waals surface area contributed by atoms with Gasteiger partial charge >= 0.3 is 0 Å². The van der Waals surface area contributed by atoms with Gasteiger partial charge in [-0.25, -0.2) is 0 Å². The summed E-state index contributed by atoms with van der Waals surface area (Å²) < 4.78 is 0. The van der Waals surface area contributed by atoms with Crippen LogP contribution in [0.1, 0.15) is 20.3 Å². The maximum atomic E-state index is 8.60. The Balaban J connectivity index is 3.08. The standard InChI is InChI=1S/C6H12O/c1-3-4-5-6(2)7/h4-7H,3H2,1-2H3/b5-4+/t6-/m1/s1. The molecule has 0 rings (SSSR count). The van der Waals surface area contributed by atoms with Crippen LogP contribution in [0.3, 0.4) is 0 Å². The topological polar surface area (TPSA) is 20.2 Å². The summed E-state index contributed by atoms with van der Waals surface area (Å²) in [6, 6.07) is 0. The van der Waals surface area contributed by atoms with Gasteiger partial charge in [0.15, 0.2) is 0 Å². The molecular weight excluding hydrogens is 88.1 g/mol. The molecule has 0 heterocycles. The van der Waals surface area contributed by atoms with Crippen molar-refractivity contribution in [2.75, 3.05) is 0 Å². The van der Waals surface area contributed by atoms with E-state index in [4.69, 9.17) is 5.11 Å². The molecule has 0 aliphatic heterocycles. The van der Waals surface area contributed by atoms with Gasteiger partial charge < -0.3 is 5.11 Å². The first-order valence-corrected chi connectivity index (χ1v) is 2.62. The maximum absolute atomic E-state index is 8.60. The van der Waals surface area contributed by atoms with Crippen LogP contribution in [-0.2, 0) is 0 Å². The summed E-state index contributed by atoms with van der Waals surface area (Å²) >= 11 is 0. The molecule has 0 unspecified atom stereocenters. The molecule has 1 nitrogen and oxygen atoms in total. The molecular formula is C6H12O. The summed E-state index contributed by atoms with van der Waals surface area (Å²) in [5.41, 5.74) is 0. The van der Waals surface area contributed by atoms with E-state index in [0.717, 1.165) is 6.42 Å². The van der Waals surface area contributed by atoms with Crippen LogP contribution >= 0.6 is 0 Å². The number of hydrogen-bond donors (Lipinski definition) is 1. The molecule has 0 spiro atoms. The van der Waals surface area contributed by atoms with Gasteiger partial charge in [-0.3, -0.25) is 0 Å². The second kappa shape index (κ2) is 3.88. The van der Waals surface area contributed by atoms with Crippen molar-refractivity contribution < 1.29 is 5.11 Å². The number of rotatable bonds is 2. The fourth-order valence-electron chi connectivity index (χ4n) is 0.333. The molecule has 0 aromatic heterocycles. The van der Waals surface area contributed by atoms with Gasteiger partial charge in [0, 0.05) is 0 Å². The Morgan fingerprint density at radius 2 is 2.29 bits per heavy atom. The smallest absolute Gasteiger partial charge is 0.0692 e. The molecule has 1 N–H and O–H groups in total. The van der Waals surface area contributed by atoms with Gasteiger partial charge in [0.2, 0.25) is 0 Å². The van der Waals surface area contributed by atoms with Crippen LogP contribution in [0.4, 0.5) is 0 Å². The van der Waals surface area contributed by atoms with E-state index < -0.39 is 0 Å². The predicted octanol–water partition coefficient (Wildman–Crippen LogP) is 1.33. The number of aliphatic hydroxyl groups is 1. The van der Waals surface area contributed by atoms with E-state index in [2.05, 4.69) is 0 Å². The average molecular weight is 100 g/mol. The summed E-state index contributed by atoms with van der Waals surface area (Å²) in [4.78, 5) is 0. The van der Waals surface area contributed by atoms with Crippen LogP contribution in [0.25, 0.3) is 0 Å². The minimum absolute atomic E-state index is 0.278. The lowest BCUT2D eigenvalue weighted by molar-refractivity contribution is 0.244. The highest BCUT2D eigenvalue weighted by Gasteiger charge is 1.79. The second-order valence-electron chi connectivity index (χ2n) is 1.58. The third-order valence-corrected chi connectivity index (χ3v) is 0.650. The van der Waals surface area contributed by atoms with Gasteiger partial charge in [-0.2, -0.15) is 0 Å². The van der Waals surface area contributed by atoms with Crippen molar-refractivity contribution in [3.8, 4) is 0 Å². The second-order valence-corrected chi connectivity index (χ2v) is 1.58. The molecule has 0 fully saturated rings. The monoisotopic (exact) mass is 100 g/mol. The molecule has 1 atom stereocenters. The molecule has 0 radical (unpaired) electrons. The first-order valence-electron chi connectivity index (χ1n) is 2.62. The summed E-state index contributed by atoms with van der Waals surface area (Å²) in [6.45, 7) is 3.78. The highest BCUT2D eigenvalue weighted by molar-refractivity contribution is 4.84. The van der Waals surface area contributed by atoms with Crippen LogP contribution in [0.5, 0.6) is 0 Å². The lowest BCUT2D eigenvalue weighted by atomic mass is 10.3. The maximum Gasteiger partial charge on any atom is 0.0692 e. The van der Waals surface area contributed by atoms with E-state index in [0.29, 0.717) is 0 Å². The molecule has 0 saturated heterocycles. The number of aliphatic hydroxyl groups excluding tert-OH is 1. The van der Waals surface area contributed by atoms with Crippen LogP contribution in [-0.4, -0.2) is 11.2 Å². The van der Waals surface area contributed by atoms with Gasteiger partial charge in [0.25, 0.3) is 0 Å². The largest absolute Gasteiger partial charge is 0.389 e. The van der Waals surface area contributed by atoms with Crippen molar-refractivity contribution >= 4 is 0 Å². The van der Waals surface area contributed by atoms with E-state index in [9.17, 15) is 0 Å².